The normalized spacial score (nSPS) is 12.6. The first kappa shape index (κ1) is 13.0. The van der Waals surface area contributed by atoms with Gasteiger partial charge < -0.3 is 15.4 Å². The third-order valence-electron chi connectivity index (χ3n) is 2.62. The van der Waals surface area contributed by atoms with Gasteiger partial charge in [0.2, 0.25) is 5.95 Å². The van der Waals surface area contributed by atoms with Crippen molar-refractivity contribution in [2.75, 3.05) is 37.9 Å². The molecule has 0 fully saturated rings. The predicted molar refractivity (Wildman–Crippen MR) is 76.5 cm³/mol. The number of nitrogens with zero attached hydrogens (tertiary/aromatic N) is 2. The summed E-state index contributed by atoms with van der Waals surface area (Å²) < 4.78 is 5.13. The standard InChI is InChI=1S/C12H18N4OS/c1-8(7-17-3)6-14-10-9-4-5-18-11(9)16-12(13-2)15-10/h4-5,8H,6-7H2,1-3H3,(H2,13,14,15,16). The Labute approximate surface area is 111 Å². The summed E-state index contributed by atoms with van der Waals surface area (Å²) >= 11 is 1.62. The topological polar surface area (TPSA) is 59.1 Å². The monoisotopic (exact) mass is 266 g/mol. The fourth-order valence-electron chi connectivity index (χ4n) is 1.72. The van der Waals surface area contributed by atoms with E-state index >= 15 is 0 Å². The Morgan fingerprint density at radius 1 is 1.44 bits per heavy atom. The largest absolute Gasteiger partial charge is 0.384 e. The first-order chi connectivity index (χ1) is 8.74. The first-order valence-electron chi connectivity index (χ1n) is 5.90. The summed E-state index contributed by atoms with van der Waals surface area (Å²) in [6.07, 6.45) is 0. The molecule has 0 spiro atoms. The molecule has 0 aliphatic carbocycles. The molecule has 98 valence electrons. The van der Waals surface area contributed by atoms with Gasteiger partial charge in [-0.1, -0.05) is 6.92 Å². The van der Waals surface area contributed by atoms with Crippen molar-refractivity contribution in [2.24, 2.45) is 5.92 Å². The SMILES string of the molecule is CNc1nc(NCC(C)COC)c2ccsc2n1. The smallest absolute Gasteiger partial charge is 0.225 e. The number of anilines is 2. The molecule has 2 rings (SSSR count). The molecule has 18 heavy (non-hydrogen) atoms. The van der Waals surface area contributed by atoms with Gasteiger partial charge in [-0.3, -0.25) is 0 Å². The number of nitrogens with one attached hydrogen (secondary N) is 2. The van der Waals surface area contributed by atoms with E-state index in [-0.39, 0.29) is 0 Å². The Kier molecular flexibility index (Phi) is 4.33. The molecule has 2 aromatic rings. The van der Waals surface area contributed by atoms with E-state index < -0.39 is 0 Å². The molecular weight excluding hydrogens is 248 g/mol. The summed E-state index contributed by atoms with van der Waals surface area (Å²) in [6, 6.07) is 2.04. The van der Waals surface area contributed by atoms with E-state index in [1.54, 1.807) is 18.4 Å². The molecule has 2 aromatic heterocycles. The highest BCUT2D eigenvalue weighted by atomic mass is 32.1. The van der Waals surface area contributed by atoms with E-state index in [2.05, 4.69) is 27.5 Å². The highest BCUT2D eigenvalue weighted by Crippen LogP contribution is 2.26. The molecule has 5 nitrogen and oxygen atoms in total. The molecule has 0 radical (unpaired) electrons. The van der Waals surface area contributed by atoms with E-state index in [0.29, 0.717) is 11.9 Å². The maximum absolute atomic E-state index is 5.13. The summed E-state index contributed by atoms with van der Waals surface area (Å²) in [5.41, 5.74) is 0. The predicted octanol–water partition coefficient (Wildman–Crippen LogP) is 2.43. The first-order valence-corrected chi connectivity index (χ1v) is 6.78. The van der Waals surface area contributed by atoms with E-state index in [9.17, 15) is 0 Å². The van der Waals surface area contributed by atoms with Gasteiger partial charge in [0.25, 0.3) is 0 Å². The van der Waals surface area contributed by atoms with Crippen LogP contribution < -0.4 is 10.6 Å². The zero-order valence-corrected chi connectivity index (χ0v) is 11.7. The molecule has 0 aromatic carbocycles. The quantitative estimate of drug-likeness (QED) is 0.841. The summed E-state index contributed by atoms with van der Waals surface area (Å²) in [7, 11) is 3.55. The molecule has 6 heteroatoms. The molecule has 0 aliphatic heterocycles. The molecular formula is C12H18N4OS. The third kappa shape index (κ3) is 2.88. The minimum atomic E-state index is 0.441. The van der Waals surface area contributed by atoms with Gasteiger partial charge in [0, 0.05) is 20.7 Å². The summed E-state index contributed by atoms with van der Waals surface area (Å²) in [5, 5.41) is 9.45. The van der Waals surface area contributed by atoms with Crippen LogP contribution in [0.15, 0.2) is 11.4 Å². The number of rotatable bonds is 6. The Morgan fingerprint density at radius 2 is 2.28 bits per heavy atom. The van der Waals surface area contributed by atoms with Gasteiger partial charge in [0.15, 0.2) is 0 Å². The molecule has 0 saturated heterocycles. The summed E-state index contributed by atoms with van der Waals surface area (Å²) in [4.78, 5) is 9.86. The lowest BCUT2D eigenvalue weighted by atomic mass is 10.2. The van der Waals surface area contributed by atoms with E-state index in [4.69, 9.17) is 4.74 Å². The molecule has 2 N–H and O–H groups in total. The Balaban J connectivity index is 2.18. The van der Waals surface area contributed by atoms with Crippen LogP contribution in [0.3, 0.4) is 0 Å². The summed E-state index contributed by atoms with van der Waals surface area (Å²) in [5.74, 6) is 1.97. The lowest BCUT2D eigenvalue weighted by molar-refractivity contribution is 0.164. The third-order valence-corrected chi connectivity index (χ3v) is 3.42. The number of hydrogen-bond acceptors (Lipinski definition) is 6. The second kappa shape index (κ2) is 5.97. The van der Waals surface area contributed by atoms with Crippen molar-refractivity contribution in [2.45, 2.75) is 6.92 Å². The Hall–Kier alpha value is -1.40. The van der Waals surface area contributed by atoms with Crippen molar-refractivity contribution in [3.05, 3.63) is 11.4 Å². The fourth-order valence-corrected chi connectivity index (χ4v) is 2.48. The van der Waals surface area contributed by atoms with Crippen LogP contribution in [0.5, 0.6) is 0 Å². The van der Waals surface area contributed by atoms with Crippen LogP contribution in [0.1, 0.15) is 6.92 Å². The van der Waals surface area contributed by atoms with Gasteiger partial charge in [-0.25, -0.2) is 4.98 Å². The molecule has 0 bridgehead atoms. The second-order valence-electron chi connectivity index (χ2n) is 4.23. The average Bonchev–Trinajstić information content (AvgIpc) is 2.84. The van der Waals surface area contributed by atoms with Gasteiger partial charge in [0.05, 0.1) is 12.0 Å². The van der Waals surface area contributed by atoms with E-state index in [1.165, 1.54) is 0 Å². The minimum Gasteiger partial charge on any atom is -0.384 e. The number of fused-ring (bicyclic) bond motifs is 1. The van der Waals surface area contributed by atoms with Crippen LogP contribution in [0, 0.1) is 5.92 Å². The number of hydrogen-bond donors (Lipinski definition) is 2. The Bertz CT molecular complexity index is 514. The number of methoxy groups -OCH3 is 1. The van der Waals surface area contributed by atoms with Crippen molar-refractivity contribution in [1.29, 1.82) is 0 Å². The van der Waals surface area contributed by atoms with E-state index in [0.717, 1.165) is 29.2 Å². The summed E-state index contributed by atoms with van der Waals surface area (Å²) in [6.45, 7) is 3.71. The van der Waals surface area contributed by atoms with Gasteiger partial charge >= 0.3 is 0 Å². The van der Waals surface area contributed by atoms with Crippen LogP contribution in [0.4, 0.5) is 11.8 Å². The van der Waals surface area contributed by atoms with E-state index in [1.807, 2.05) is 18.5 Å². The second-order valence-corrected chi connectivity index (χ2v) is 5.12. The number of ether oxygens (including phenoxy) is 1. The highest BCUT2D eigenvalue weighted by molar-refractivity contribution is 7.16. The highest BCUT2D eigenvalue weighted by Gasteiger charge is 2.09. The van der Waals surface area contributed by atoms with Gasteiger partial charge in [-0.15, -0.1) is 11.3 Å². The van der Waals surface area contributed by atoms with Crippen LogP contribution in [-0.2, 0) is 4.74 Å². The van der Waals surface area contributed by atoms with Crippen LogP contribution >= 0.6 is 11.3 Å². The van der Waals surface area contributed by atoms with Gasteiger partial charge in [-0.05, 0) is 17.4 Å². The zero-order chi connectivity index (χ0) is 13.0. The van der Waals surface area contributed by atoms with Crippen molar-refractivity contribution < 1.29 is 4.74 Å². The molecule has 1 atom stereocenters. The van der Waals surface area contributed by atoms with Crippen LogP contribution in [0.25, 0.3) is 10.2 Å². The molecule has 0 amide bonds. The van der Waals surface area contributed by atoms with Crippen molar-refractivity contribution in [3.8, 4) is 0 Å². The minimum absolute atomic E-state index is 0.441. The lowest BCUT2D eigenvalue weighted by Gasteiger charge is -2.13. The lowest BCUT2D eigenvalue weighted by Crippen LogP contribution is -2.16. The maximum atomic E-state index is 5.13. The van der Waals surface area contributed by atoms with Crippen LogP contribution in [0.2, 0.25) is 0 Å². The van der Waals surface area contributed by atoms with Crippen molar-refractivity contribution in [1.82, 2.24) is 9.97 Å². The average molecular weight is 266 g/mol. The molecule has 1 unspecified atom stereocenters. The van der Waals surface area contributed by atoms with Crippen LogP contribution in [-0.4, -0.2) is 37.3 Å². The number of aromatic nitrogens is 2. The fraction of sp³-hybridized carbons (Fsp3) is 0.500. The Morgan fingerprint density at radius 3 is 3.00 bits per heavy atom. The maximum Gasteiger partial charge on any atom is 0.225 e. The number of thiophene rings is 1. The molecule has 0 aliphatic rings. The molecule has 0 saturated carbocycles. The zero-order valence-electron chi connectivity index (χ0n) is 10.9. The van der Waals surface area contributed by atoms with Gasteiger partial charge in [-0.2, -0.15) is 4.98 Å². The van der Waals surface area contributed by atoms with Crippen molar-refractivity contribution in [3.63, 3.8) is 0 Å². The van der Waals surface area contributed by atoms with Gasteiger partial charge in [0.1, 0.15) is 10.6 Å². The van der Waals surface area contributed by atoms with Crippen molar-refractivity contribution >= 4 is 33.3 Å². The molecule has 2 heterocycles.